The molecule has 0 atom stereocenters. The standard InChI is InChI=1S/C15H22OSi/c1-17(2,3)14(12-15(16)10-7-11-15)13-8-5-4-6-9-13/h4-6,8-9,12,16H,7,10-11H2,1-3H3/b14-12-. The lowest BCUT2D eigenvalue weighted by Crippen LogP contribution is -2.36. The minimum absolute atomic E-state index is 0.522. The summed E-state index contributed by atoms with van der Waals surface area (Å²) in [7, 11) is -1.42. The third kappa shape index (κ3) is 2.88. The van der Waals surface area contributed by atoms with E-state index in [2.05, 4.69) is 50.0 Å². The number of rotatable bonds is 3. The second kappa shape index (κ2) is 4.43. The summed E-state index contributed by atoms with van der Waals surface area (Å²) in [4.78, 5) is 0. The maximum atomic E-state index is 10.4. The normalized spacial score (nSPS) is 19.9. The molecule has 0 aromatic heterocycles. The van der Waals surface area contributed by atoms with Crippen molar-refractivity contribution in [1.82, 2.24) is 0 Å². The fraction of sp³-hybridized carbons (Fsp3) is 0.467. The molecule has 2 heteroatoms. The molecule has 0 amide bonds. The maximum absolute atomic E-state index is 10.4. The van der Waals surface area contributed by atoms with Crippen molar-refractivity contribution in [1.29, 1.82) is 0 Å². The largest absolute Gasteiger partial charge is 0.386 e. The molecule has 92 valence electrons. The van der Waals surface area contributed by atoms with Crippen LogP contribution in [0.4, 0.5) is 0 Å². The lowest BCUT2D eigenvalue weighted by atomic mass is 9.80. The number of aliphatic hydroxyl groups is 1. The first-order chi connectivity index (χ1) is 7.91. The zero-order valence-corrected chi connectivity index (χ0v) is 12.0. The Bertz CT molecular complexity index is 410. The first kappa shape index (κ1) is 12.6. The summed E-state index contributed by atoms with van der Waals surface area (Å²) in [5, 5.41) is 11.7. The highest BCUT2D eigenvalue weighted by molar-refractivity contribution is 6.93. The first-order valence-corrected chi connectivity index (χ1v) is 9.92. The van der Waals surface area contributed by atoms with E-state index < -0.39 is 13.7 Å². The van der Waals surface area contributed by atoms with Gasteiger partial charge in [0.05, 0.1) is 13.7 Å². The van der Waals surface area contributed by atoms with Crippen LogP contribution < -0.4 is 0 Å². The predicted molar refractivity (Wildman–Crippen MR) is 76.6 cm³/mol. The van der Waals surface area contributed by atoms with Gasteiger partial charge in [0.1, 0.15) is 0 Å². The maximum Gasteiger partial charge on any atom is 0.0829 e. The summed E-state index contributed by atoms with van der Waals surface area (Å²) in [6.45, 7) is 7.02. The van der Waals surface area contributed by atoms with Crippen LogP contribution in [0, 0.1) is 0 Å². The van der Waals surface area contributed by atoms with E-state index >= 15 is 0 Å². The minimum atomic E-state index is -1.42. The fourth-order valence-electron chi connectivity index (χ4n) is 2.30. The summed E-state index contributed by atoms with van der Waals surface area (Å²) >= 11 is 0. The molecule has 2 rings (SSSR count). The van der Waals surface area contributed by atoms with Gasteiger partial charge in [0.15, 0.2) is 0 Å². The molecular weight excluding hydrogens is 224 g/mol. The molecule has 1 aliphatic carbocycles. The van der Waals surface area contributed by atoms with E-state index in [-0.39, 0.29) is 0 Å². The van der Waals surface area contributed by atoms with E-state index in [4.69, 9.17) is 0 Å². The Morgan fingerprint density at radius 2 is 1.76 bits per heavy atom. The Hall–Kier alpha value is -0.863. The SMILES string of the molecule is C[Si](C)(C)/C(=C\C1(O)CCC1)c1ccccc1. The molecule has 0 saturated heterocycles. The lowest BCUT2D eigenvalue weighted by molar-refractivity contribution is 0.0148. The van der Waals surface area contributed by atoms with Gasteiger partial charge in [0, 0.05) is 0 Å². The summed E-state index contributed by atoms with van der Waals surface area (Å²) in [5.74, 6) is 0. The molecule has 0 spiro atoms. The van der Waals surface area contributed by atoms with Gasteiger partial charge in [-0.25, -0.2) is 0 Å². The molecule has 1 saturated carbocycles. The molecule has 0 aliphatic heterocycles. The Morgan fingerprint density at radius 1 is 1.18 bits per heavy atom. The van der Waals surface area contributed by atoms with Gasteiger partial charge in [-0.05, 0) is 24.8 Å². The van der Waals surface area contributed by atoms with Crippen molar-refractivity contribution in [2.75, 3.05) is 0 Å². The van der Waals surface area contributed by atoms with Gasteiger partial charge < -0.3 is 5.11 Å². The average Bonchev–Trinajstić information content (AvgIpc) is 2.23. The molecule has 0 bridgehead atoms. The summed E-state index contributed by atoms with van der Waals surface area (Å²) in [6, 6.07) is 10.5. The third-order valence-corrected chi connectivity index (χ3v) is 5.57. The van der Waals surface area contributed by atoms with E-state index in [1.165, 1.54) is 10.8 Å². The van der Waals surface area contributed by atoms with Crippen LogP contribution in [0.1, 0.15) is 24.8 Å². The average molecular weight is 246 g/mol. The van der Waals surface area contributed by atoms with Crippen LogP contribution in [0.15, 0.2) is 36.4 Å². The van der Waals surface area contributed by atoms with Crippen molar-refractivity contribution in [3.8, 4) is 0 Å². The van der Waals surface area contributed by atoms with Gasteiger partial charge in [-0.3, -0.25) is 0 Å². The number of benzene rings is 1. The highest BCUT2D eigenvalue weighted by Crippen LogP contribution is 2.37. The Morgan fingerprint density at radius 3 is 2.18 bits per heavy atom. The Labute approximate surface area is 105 Å². The monoisotopic (exact) mass is 246 g/mol. The van der Waals surface area contributed by atoms with E-state index in [9.17, 15) is 5.11 Å². The zero-order valence-electron chi connectivity index (χ0n) is 11.0. The van der Waals surface area contributed by atoms with Crippen LogP contribution in [-0.4, -0.2) is 18.8 Å². The molecule has 17 heavy (non-hydrogen) atoms. The summed E-state index contributed by atoms with van der Waals surface area (Å²) in [5.41, 5.74) is 0.762. The van der Waals surface area contributed by atoms with Crippen molar-refractivity contribution < 1.29 is 5.11 Å². The van der Waals surface area contributed by atoms with Crippen LogP contribution in [0.25, 0.3) is 5.20 Å². The second-order valence-corrected chi connectivity index (χ2v) is 11.2. The van der Waals surface area contributed by atoms with Crippen molar-refractivity contribution >= 4 is 13.3 Å². The molecule has 1 aliphatic rings. The lowest BCUT2D eigenvalue weighted by Gasteiger charge is -2.36. The van der Waals surface area contributed by atoms with Gasteiger partial charge in [0.25, 0.3) is 0 Å². The fourth-order valence-corrected chi connectivity index (χ4v) is 4.04. The van der Waals surface area contributed by atoms with Crippen LogP contribution in [0.3, 0.4) is 0 Å². The topological polar surface area (TPSA) is 20.2 Å². The molecule has 1 N–H and O–H groups in total. The van der Waals surface area contributed by atoms with Crippen LogP contribution in [0.5, 0.6) is 0 Å². The Kier molecular flexibility index (Phi) is 3.28. The minimum Gasteiger partial charge on any atom is -0.386 e. The second-order valence-electron chi connectivity index (χ2n) is 6.13. The van der Waals surface area contributed by atoms with Crippen molar-refractivity contribution in [2.45, 2.75) is 44.5 Å². The highest BCUT2D eigenvalue weighted by atomic mass is 28.3. The summed E-state index contributed by atoms with van der Waals surface area (Å²) < 4.78 is 0. The molecule has 1 aromatic rings. The smallest absolute Gasteiger partial charge is 0.0829 e. The number of hydrogen-bond donors (Lipinski definition) is 1. The molecule has 0 radical (unpaired) electrons. The van der Waals surface area contributed by atoms with Crippen molar-refractivity contribution in [2.24, 2.45) is 0 Å². The zero-order chi connectivity index (χ0) is 12.5. The van der Waals surface area contributed by atoms with Crippen molar-refractivity contribution in [3.63, 3.8) is 0 Å². The van der Waals surface area contributed by atoms with Crippen LogP contribution in [-0.2, 0) is 0 Å². The molecule has 1 nitrogen and oxygen atoms in total. The van der Waals surface area contributed by atoms with Gasteiger partial charge in [-0.15, -0.1) is 0 Å². The molecule has 1 aromatic carbocycles. The predicted octanol–water partition coefficient (Wildman–Crippen LogP) is 3.86. The van der Waals surface area contributed by atoms with Gasteiger partial charge >= 0.3 is 0 Å². The first-order valence-electron chi connectivity index (χ1n) is 6.42. The molecule has 0 unspecified atom stereocenters. The number of hydrogen-bond acceptors (Lipinski definition) is 1. The highest BCUT2D eigenvalue weighted by Gasteiger charge is 2.34. The quantitative estimate of drug-likeness (QED) is 0.803. The molecular formula is C15H22OSi. The van der Waals surface area contributed by atoms with Gasteiger partial charge in [-0.1, -0.05) is 61.2 Å². The van der Waals surface area contributed by atoms with E-state index in [0.29, 0.717) is 0 Å². The van der Waals surface area contributed by atoms with Crippen LogP contribution >= 0.6 is 0 Å². The van der Waals surface area contributed by atoms with Gasteiger partial charge in [-0.2, -0.15) is 0 Å². The van der Waals surface area contributed by atoms with Crippen LogP contribution in [0.2, 0.25) is 19.6 Å². The van der Waals surface area contributed by atoms with Crippen molar-refractivity contribution in [3.05, 3.63) is 42.0 Å². The molecule has 0 heterocycles. The van der Waals surface area contributed by atoms with Gasteiger partial charge in [0.2, 0.25) is 0 Å². The van der Waals surface area contributed by atoms with E-state index in [1.807, 2.05) is 6.07 Å². The van der Waals surface area contributed by atoms with E-state index in [1.54, 1.807) is 0 Å². The Balaban J connectivity index is 2.39. The third-order valence-electron chi connectivity index (χ3n) is 3.53. The summed E-state index contributed by atoms with van der Waals surface area (Å²) in [6.07, 6.45) is 5.15. The molecule has 1 fully saturated rings. The van der Waals surface area contributed by atoms with E-state index in [0.717, 1.165) is 19.3 Å².